The summed E-state index contributed by atoms with van der Waals surface area (Å²) in [7, 11) is -3.07. The van der Waals surface area contributed by atoms with E-state index in [-0.39, 0.29) is 11.7 Å². The van der Waals surface area contributed by atoms with Gasteiger partial charge < -0.3 is 4.74 Å². The quantitative estimate of drug-likeness (QED) is 0.767. The van der Waals surface area contributed by atoms with Gasteiger partial charge in [0.15, 0.2) is 9.84 Å². The van der Waals surface area contributed by atoms with Gasteiger partial charge in [0, 0.05) is 50.3 Å². The highest BCUT2D eigenvalue weighted by molar-refractivity contribution is 7.93. The van der Waals surface area contributed by atoms with Gasteiger partial charge in [-0.25, -0.2) is 8.42 Å². The molecule has 0 aromatic carbocycles. The summed E-state index contributed by atoms with van der Waals surface area (Å²) >= 11 is 0. The van der Waals surface area contributed by atoms with Crippen molar-refractivity contribution in [2.75, 3.05) is 25.4 Å². The zero-order valence-corrected chi connectivity index (χ0v) is 15.4. The second-order valence-electron chi connectivity index (χ2n) is 7.25. The Morgan fingerprint density at radius 2 is 1.81 bits per heavy atom. The van der Waals surface area contributed by atoms with E-state index in [1.54, 1.807) is 18.6 Å². The fourth-order valence-electron chi connectivity index (χ4n) is 4.08. The number of hydrogen-bond donors (Lipinski definition) is 0. The summed E-state index contributed by atoms with van der Waals surface area (Å²) in [5.74, 6) is 0.337. The lowest BCUT2D eigenvalue weighted by molar-refractivity contribution is 0.0200. The maximum atomic E-state index is 12.7. The minimum Gasteiger partial charge on any atom is -0.376 e. The van der Waals surface area contributed by atoms with Crippen LogP contribution in [0, 0.1) is 5.92 Å². The van der Waals surface area contributed by atoms with E-state index < -0.39 is 14.6 Å². The second-order valence-corrected chi connectivity index (χ2v) is 9.70. The monoisotopic (exact) mass is 373 g/mol. The van der Waals surface area contributed by atoms with Crippen molar-refractivity contribution < 1.29 is 13.2 Å². The largest absolute Gasteiger partial charge is 0.376 e. The van der Waals surface area contributed by atoms with Gasteiger partial charge in [-0.2, -0.15) is 0 Å². The summed E-state index contributed by atoms with van der Waals surface area (Å²) in [6.07, 6.45) is 7.78. The van der Waals surface area contributed by atoms with Crippen molar-refractivity contribution in [3.05, 3.63) is 60.2 Å². The average Bonchev–Trinajstić information content (AvgIpc) is 2.88. The molecule has 2 aromatic heterocycles. The van der Waals surface area contributed by atoms with Crippen molar-refractivity contribution in [2.24, 2.45) is 5.92 Å². The number of pyridine rings is 2. The van der Waals surface area contributed by atoms with Crippen LogP contribution in [0.5, 0.6) is 0 Å². The zero-order valence-electron chi connectivity index (χ0n) is 14.6. The molecule has 1 spiro atoms. The van der Waals surface area contributed by atoms with E-state index in [2.05, 4.69) is 14.9 Å². The van der Waals surface area contributed by atoms with Gasteiger partial charge >= 0.3 is 0 Å². The van der Waals surface area contributed by atoms with Crippen LogP contribution in [0.2, 0.25) is 0 Å². The first-order valence-electron chi connectivity index (χ1n) is 8.89. The molecular weight excluding hydrogens is 350 g/mol. The van der Waals surface area contributed by atoms with Gasteiger partial charge in [-0.05, 0) is 29.7 Å². The second kappa shape index (κ2) is 7.06. The van der Waals surface area contributed by atoms with Crippen LogP contribution in [-0.2, 0) is 27.7 Å². The molecule has 0 amide bonds. The van der Waals surface area contributed by atoms with Gasteiger partial charge in [0.1, 0.15) is 4.75 Å². The Labute approximate surface area is 154 Å². The number of nitrogens with zero attached hydrogens (tertiary/aromatic N) is 3. The highest BCUT2D eigenvalue weighted by atomic mass is 32.2. The van der Waals surface area contributed by atoms with E-state index in [1.807, 2.05) is 30.5 Å². The lowest BCUT2D eigenvalue weighted by Crippen LogP contribution is -2.67. The molecule has 1 unspecified atom stereocenters. The first-order valence-corrected chi connectivity index (χ1v) is 10.5. The summed E-state index contributed by atoms with van der Waals surface area (Å²) in [6.45, 7) is 2.87. The highest BCUT2D eigenvalue weighted by Gasteiger charge is 2.61. The molecule has 138 valence electrons. The fraction of sp³-hybridized carbons (Fsp3) is 0.474. The predicted octanol–water partition coefficient (Wildman–Crippen LogP) is 1.68. The molecule has 0 N–H and O–H groups in total. The number of hydrogen-bond acceptors (Lipinski definition) is 6. The van der Waals surface area contributed by atoms with Crippen LogP contribution in [0.25, 0.3) is 0 Å². The molecule has 0 radical (unpaired) electrons. The molecule has 6 nitrogen and oxygen atoms in total. The van der Waals surface area contributed by atoms with E-state index in [0.717, 1.165) is 17.7 Å². The highest BCUT2D eigenvalue weighted by Crippen LogP contribution is 2.45. The van der Waals surface area contributed by atoms with E-state index in [0.29, 0.717) is 32.7 Å². The Balaban J connectivity index is 1.37. The Kier molecular flexibility index (Phi) is 4.77. The number of sulfone groups is 1. The van der Waals surface area contributed by atoms with Crippen LogP contribution < -0.4 is 0 Å². The lowest BCUT2D eigenvalue weighted by atomic mass is 9.83. The van der Waals surface area contributed by atoms with Gasteiger partial charge in [0.05, 0.1) is 19.0 Å². The van der Waals surface area contributed by atoms with Crippen LogP contribution in [0.1, 0.15) is 17.5 Å². The van der Waals surface area contributed by atoms with Gasteiger partial charge in [0.2, 0.25) is 0 Å². The van der Waals surface area contributed by atoms with E-state index >= 15 is 0 Å². The zero-order chi connectivity index (χ0) is 18.0. The molecule has 0 aliphatic carbocycles. The Morgan fingerprint density at radius 1 is 1.12 bits per heavy atom. The van der Waals surface area contributed by atoms with Crippen molar-refractivity contribution in [1.82, 2.24) is 14.9 Å². The SMILES string of the molecule is O=S1(=O)CCC(COCc2cccnc2)C12CN(Cc1cccnc1)C2. The van der Waals surface area contributed by atoms with Crippen LogP contribution in [-0.4, -0.2) is 53.5 Å². The summed E-state index contributed by atoms with van der Waals surface area (Å²) in [6, 6.07) is 7.78. The number of rotatable bonds is 6. The molecule has 2 aliphatic rings. The third-order valence-corrected chi connectivity index (χ3v) is 8.12. The standard InChI is InChI=1S/C19H23N3O3S/c23-26(24)8-5-18(13-25-12-17-4-2-7-21-10-17)19(26)14-22(15-19)11-16-3-1-6-20-9-16/h1-4,6-7,9-10,18H,5,8,11-15H2. The van der Waals surface area contributed by atoms with Gasteiger partial charge in [-0.15, -0.1) is 0 Å². The molecule has 2 aliphatic heterocycles. The van der Waals surface area contributed by atoms with Crippen molar-refractivity contribution >= 4 is 9.84 Å². The molecule has 2 saturated heterocycles. The van der Waals surface area contributed by atoms with Crippen LogP contribution >= 0.6 is 0 Å². The van der Waals surface area contributed by atoms with Crippen LogP contribution in [0.4, 0.5) is 0 Å². The number of likely N-dealkylation sites (tertiary alicyclic amines) is 1. The molecule has 7 heteroatoms. The molecule has 26 heavy (non-hydrogen) atoms. The molecule has 0 bridgehead atoms. The van der Waals surface area contributed by atoms with Crippen molar-refractivity contribution in [3.8, 4) is 0 Å². The molecule has 4 heterocycles. The Bertz CT molecular complexity index is 837. The molecule has 4 rings (SSSR count). The number of ether oxygens (including phenoxy) is 1. The summed E-state index contributed by atoms with van der Waals surface area (Å²) in [4.78, 5) is 10.4. The third-order valence-electron chi connectivity index (χ3n) is 5.52. The average molecular weight is 373 g/mol. The first kappa shape index (κ1) is 17.6. The maximum Gasteiger partial charge on any atom is 0.158 e. The van der Waals surface area contributed by atoms with Crippen LogP contribution in [0.3, 0.4) is 0 Å². The third kappa shape index (κ3) is 3.26. The van der Waals surface area contributed by atoms with Gasteiger partial charge in [-0.3, -0.25) is 14.9 Å². The molecular formula is C19H23N3O3S. The molecule has 2 fully saturated rings. The smallest absolute Gasteiger partial charge is 0.158 e. The summed E-state index contributed by atoms with van der Waals surface area (Å²) < 4.78 is 30.6. The maximum absolute atomic E-state index is 12.7. The minimum atomic E-state index is -3.07. The fourth-order valence-corrected chi connectivity index (χ4v) is 6.54. The molecule has 1 atom stereocenters. The first-order chi connectivity index (χ1) is 12.6. The molecule has 2 aromatic rings. The van der Waals surface area contributed by atoms with E-state index in [9.17, 15) is 8.42 Å². The summed E-state index contributed by atoms with van der Waals surface area (Å²) in [5.41, 5.74) is 2.12. The lowest BCUT2D eigenvalue weighted by Gasteiger charge is -2.50. The topological polar surface area (TPSA) is 72.4 Å². The van der Waals surface area contributed by atoms with Crippen molar-refractivity contribution in [2.45, 2.75) is 24.3 Å². The minimum absolute atomic E-state index is 0.0642. The molecule has 0 saturated carbocycles. The van der Waals surface area contributed by atoms with Gasteiger partial charge in [-0.1, -0.05) is 12.1 Å². The van der Waals surface area contributed by atoms with E-state index in [4.69, 9.17) is 4.74 Å². The van der Waals surface area contributed by atoms with Gasteiger partial charge in [0.25, 0.3) is 0 Å². The van der Waals surface area contributed by atoms with E-state index in [1.165, 1.54) is 0 Å². The Morgan fingerprint density at radius 3 is 2.46 bits per heavy atom. The normalized spacial score (nSPS) is 23.8. The summed E-state index contributed by atoms with van der Waals surface area (Å²) in [5, 5.41) is 0. The van der Waals surface area contributed by atoms with Crippen LogP contribution in [0.15, 0.2) is 49.1 Å². The predicted molar refractivity (Wildman–Crippen MR) is 98.0 cm³/mol. The Hall–Kier alpha value is -1.83. The van der Waals surface area contributed by atoms with Crippen molar-refractivity contribution in [3.63, 3.8) is 0 Å². The van der Waals surface area contributed by atoms with Crippen molar-refractivity contribution in [1.29, 1.82) is 0 Å². The number of aromatic nitrogens is 2.